The molecule has 106 valence electrons. The number of ketones is 1. The second kappa shape index (κ2) is 5.80. The van der Waals surface area contributed by atoms with Crippen LogP contribution in [0.1, 0.15) is 43.2 Å². The van der Waals surface area contributed by atoms with Gasteiger partial charge in [0, 0.05) is 5.39 Å². The van der Waals surface area contributed by atoms with Gasteiger partial charge in [-0.2, -0.15) is 0 Å². The monoisotopic (exact) mass is 272 g/mol. The molecule has 1 fully saturated rings. The highest BCUT2D eigenvalue weighted by molar-refractivity contribution is 5.98. The second-order valence-electron chi connectivity index (χ2n) is 5.68. The van der Waals surface area contributed by atoms with Crippen LogP contribution < -0.4 is 0 Å². The third-order valence-corrected chi connectivity index (χ3v) is 4.16. The summed E-state index contributed by atoms with van der Waals surface area (Å²) in [5.74, 6) is 0.876. The summed E-state index contributed by atoms with van der Waals surface area (Å²) in [6, 6.07) is 9.45. The number of hydrogen-bond donors (Lipinski definition) is 0. The topological polar surface area (TPSA) is 39.4 Å². The zero-order valence-electron chi connectivity index (χ0n) is 11.8. The molecule has 0 spiro atoms. The third kappa shape index (κ3) is 2.78. The molecule has 2 aromatic rings. The lowest BCUT2D eigenvalue weighted by atomic mass is 9.88. The summed E-state index contributed by atoms with van der Waals surface area (Å²) in [6.07, 6.45) is 4.96. The summed E-state index contributed by atoms with van der Waals surface area (Å²) in [6.45, 7) is 2.32. The van der Waals surface area contributed by atoms with Gasteiger partial charge in [0.1, 0.15) is 12.2 Å². The Labute approximate surface area is 118 Å². The average Bonchev–Trinajstić information content (AvgIpc) is 2.90. The van der Waals surface area contributed by atoms with E-state index in [0.29, 0.717) is 11.7 Å². The summed E-state index contributed by atoms with van der Waals surface area (Å²) in [5.41, 5.74) is 0.752. The van der Waals surface area contributed by atoms with Gasteiger partial charge < -0.3 is 9.15 Å². The number of ether oxygens (including phenoxy) is 1. The lowest BCUT2D eigenvalue weighted by Gasteiger charge is -2.28. The molecule has 2 atom stereocenters. The first kappa shape index (κ1) is 13.4. The normalized spacial score (nSPS) is 23.1. The molecule has 3 heteroatoms. The quantitative estimate of drug-likeness (QED) is 0.783. The fourth-order valence-corrected chi connectivity index (χ4v) is 2.90. The minimum atomic E-state index is -0.0704. The van der Waals surface area contributed by atoms with Crippen molar-refractivity contribution in [2.45, 2.75) is 38.7 Å². The van der Waals surface area contributed by atoms with Crippen molar-refractivity contribution in [1.29, 1.82) is 0 Å². The van der Waals surface area contributed by atoms with Crippen molar-refractivity contribution in [3.8, 4) is 0 Å². The predicted octanol–water partition coefficient (Wildman–Crippen LogP) is 4.21. The minimum Gasteiger partial charge on any atom is -0.453 e. The number of fused-ring (bicyclic) bond motifs is 1. The molecule has 0 aliphatic heterocycles. The fourth-order valence-electron chi connectivity index (χ4n) is 2.90. The summed E-state index contributed by atoms with van der Waals surface area (Å²) in [4.78, 5) is 12.1. The van der Waals surface area contributed by atoms with Crippen LogP contribution in [0.15, 0.2) is 34.7 Å². The summed E-state index contributed by atoms with van der Waals surface area (Å²) in [7, 11) is 0. The van der Waals surface area contributed by atoms with E-state index in [4.69, 9.17) is 9.15 Å². The minimum absolute atomic E-state index is 0.0704. The molecule has 1 saturated carbocycles. The van der Waals surface area contributed by atoms with Crippen LogP contribution in [0.5, 0.6) is 0 Å². The molecule has 0 radical (unpaired) electrons. The summed E-state index contributed by atoms with van der Waals surface area (Å²) >= 11 is 0. The molecule has 2 unspecified atom stereocenters. The Morgan fingerprint density at radius 2 is 2.10 bits per heavy atom. The van der Waals surface area contributed by atoms with E-state index < -0.39 is 0 Å². The van der Waals surface area contributed by atoms with Crippen molar-refractivity contribution in [3.63, 3.8) is 0 Å². The molecule has 1 heterocycles. The van der Waals surface area contributed by atoms with Crippen LogP contribution in [-0.4, -0.2) is 18.5 Å². The number of carbonyl (C=O) groups is 1. The van der Waals surface area contributed by atoms with E-state index >= 15 is 0 Å². The highest BCUT2D eigenvalue weighted by Crippen LogP contribution is 2.26. The number of Topliss-reactive ketones (excluding diaryl/α,β-unsaturated/α-hetero) is 1. The Morgan fingerprint density at radius 3 is 2.90 bits per heavy atom. The van der Waals surface area contributed by atoms with Gasteiger partial charge in [-0.25, -0.2) is 0 Å². The fraction of sp³-hybridized carbons (Fsp3) is 0.471. The first-order chi connectivity index (χ1) is 9.74. The van der Waals surface area contributed by atoms with E-state index in [9.17, 15) is 4.79 Å². The van der Waals surface area contributed by atoms with Crippen LogP contribution in [0.2, 0.25) is 0 Å². The highest BCUT2D eigenvalue weighted by Gasteiger charge is 2.23. The molecule has 0 amide bonds. The molecule has 0 N–H and O–H groups in total. The van der Waals surface area contributed by atoms with Crippen LogP contribution in [-0.2, 0) is 4.74 Å². The summed E-state index contributed by atoms with van der Waals surface area (Å²) < 4.78 is 11.4. The van der Waals surface area contributed by atoms with Crippen LogP contribution in [0, 0.1) is 5.92 Å². The zero-order valence-corrected chi connectivity index (χ0v) is 11.8. The van der Waals surface area contributed by atoms with E-state index in [1.807, 2.05) is 24.3 Å². The molecule has 0 bridgehead atoms. The molecule has 1 aliphatic carbocycles. The van der Waals surface area contributed by atoms with Crippen molar-refractivity contribution < 1.29 is 13.9 Å². The van der Waals surface area contributed by atoms with Crippen LogP contribution in [0.25, 0.3) is 11.0 Å². The molecule has 0 saturated heterocycles. The molecule has 1 aromatic carbocycles. The molecular formula is C17H20O3. The Bertz CT molecular complexity index is 566. The maximum absolute atomic E-state index is 12.1. The maximum atomic E-state index is 12.1. The van der Waals surface area contributed by atoms with Gasteiger partial charge in [-0.1, -0.05) is 38.0 Å². The molecular weight excluding hydrogens is 252 g/mol. The third-order valence-electron chi connectivity index (χ3n) is 4.16. The second-order valence-corrected chi connectivity index (χ2v) is 5.68. The Balaban J connectivity index is 1.64. The number of hydrogen-bond acceptors (Lipinski definition) is 3. The Kier molecular flexibility index (Phi) is 3.88. The average molecular weight is 272 g/mol. The van der Waals surface area contributed by atoms with Gasteiger partial charge in [-0.3, -0.25) is 4.79 Å². The number of benzene rings is 1. The zero-order chi connectivity index (χ0) is 13.9. The molecule has 20 heavy (non-hydrogen) atoms. The predicted molar refractivity (Wildman–Crippen MR) is 77.9 cm³/mol. The Hall–Kier alpha value is -1.61. The SMILES string of the molecule is CC1CCCCC1OCC(=O)c1cc2ccccc2o1. The Morgan fingerprint density at radius 1 is 1.30 bits per heavy atom. The molecule has 1 aromatic heterocycles. The van der Waals surface area contributed by atoms with Crippen molar-refractivity contribution in [2.75, 3.05) is 6.61 Å². The number of carbonyl (C=O) groups excluding carboxylic acids is 1. The smallest absolute Gasteiger partial charge is 0.223 e. The standard InChI is InChI=1S/C17H20O3/c1-12-6-2-4-8-15(12)19-11-14(18)17-10-13-7-3-5-9-16(13)20-17/h3,5,7,9-10,12,15H,2,4,6,8,11H2,1H3. The van der Waals surface area contributed by atoms with Gasteiger partial charge >= 0.3 is 0 Å². The first-order valence-corrected chi connectivity index (χ1v) is 7.37. The maximum Gasteiger partial charge on any atom is 0.223 e. The van der Waals surface area contributed by atoms with Crippen molar-refractivity contribution >= 4 is 16.8 Å². The van der Waals surface area contributed by atoms with Gasteiger partial charge in [0.05, 0.1) is 6.10 Å². The molecule has 3 rings (SSSR count). The van der Waals surface area contributed by atoms with E-state index in [1.165, 1.54) is 19.3 Å². The van der Waals surface area contributed by atoms with Crippen molar-refractivity contribution in [2.24, 2.45) is 5.92 Å². The van der Waals surface area contributed by atoms with E-state index in [0.717, 1.165) is 17.4 Å². The van der Waals surface area contributed by atoms with Gasteiger partial charge in [-0.15, -0.1) is 0 Å². The summed E-state index contributed by atoms with van der Waals surface area (Å²) in [5, 5.41) is 0.960. The van der Waals surface area contributed by atoms with E-state index in [-0.39, 0.29) is 18.5 Å². The van der Waals surface area contributed by atoms with E-state index in [1.54, 1.807) is 6.07 Å². The first-order valence-electron chi connectivity index (χ1n) is 7.37. The molecule has 3 nitrogen and oxygen atoms in total. The highest BCUT2D eigenvalue weighted by atomic mass is 16.5. The largest absolute Gasteiger partial charge is 0.453 e. The van der Waals surface area contributed by atoms with Crippen LogP contribution >= 0.6 is 0 Å². The lowest BCUT2D eigenvalue weighted by Crippen LogP contribution is -2.27. The lowest BCUT2D eigenvalue weighted by molar-refractivity contribution is -0.0000627. The number of furan rings is 1. The number of para-hydroxylation sites is 1. The van der Waals surface area contributed by atoms with Gasteiger partial charge in [0.25, 0.3) is 0 Å². The van der Waals surface area contributed by atoms with Gasteiger partial charge in [0.2, 0.25) is 5.78 Å². The van der Waals surface area contributed by atoms with Gasteiger partial charge in [0.15, 0.2) is 5.76 Å². The van der Waals surface area contributed by atoms with E-state index in [2.05, 4.69) is 6.92 Å². The number of rotatable bonds is 4. The van der Waals surface area contributed by atoms with Crippen molar-refractivity contribution in [3.05, 3.63) is 36.1 Å². The van der Waals surface area contributed by atoms with Crippen molar-refractivity contribution in [1.82, 2.24) is 0 Å². The van der Waals surface area contributed by atoms with Gasteiger partial charge in [-0.05, 0) is 30.9 Å². The van der Waals surface area contributed by atoms with Crippen LogP contribution in [0.3, 0.4) is 0 Å². The molecule has 1 aliphatic rings. The van der Waals surface area contributed by atoms with Crippen LogP contribution in [0.4, 0.5) is 0 Å².